The predicted octanol–water partition coefficient (Wildman–Crippen LogP) is 4.02. The molecule has 0 saturated heterocycles. The summed E-state index contributed by atoms with van der Waals surface area (Å²) in [6.45, 7) is 3.31. The molecule has 30 heavy (non-hydrogen) atoms. The van der Waals surface area contributed by atoms with E-state index in [2.05, 4.69) is 51.5 Å². The molecule has 1 unspecified atom stereocenters. The van der Waals surface area contributed by atoms with Gasteiger partial charge < -0.3 is 9.55 Å². The highest BCUT2D eigenvalue weighted by atomic mass is 32.2. The van der Waals surface area contributed by atoms with E-state index in [1.54, 1.807) is 12.1 Å². The molecule has 2 N–H and O–H groups in total. The molecule has 158 valence electrons. The Morgan fingerprint density at radius 2 is 1.97 bits per heavy atom. The van der Waals surface area contributed by atoms with Crippen molar-refractivity contribution in [1.82, 2.24) is 19.2 Å². The Morgan fingerprint density at radius 1 is 1.17 bits per heavy atom. The molecule has 6 nitrogen and oxygen atoms in total. The lowest BCUT2D eigenvalue weighted by Gasteiger charge is -2.28. The molecule has 2 aromatic carbocycles. The highest BCUT2D eigenvalue weighted by Gasteiger charge is 2.24. The summed E-state index contributed by atoms with van der Waals surface area (Å²) in [5.74, 6) is 0. The number of aryl methyl sites for hydroxylation is 1. The third-order valence-electron chi connectivity index (χ3n) is 5.70. The smallest absolute Gasteiger partial charge is 0.240 e. The molecule has 0 saturated carbocycles. The van der Waals surface area contributed by atoms with Crippen molar-refractivity contribution in [3.8, 4) is 0 Å². The van der Waals surface area contributed by atoms with Crippen LogP contribution in [0, 0.1) is 0 Å². The molecule has 2 aromatic heterocycles. The Kier molecular flexibility index (Phi) is 5.69. The molecule has 4 rings (SSSR count). The second kappa shape index (κ2) is 8.26. The van der Waals surface area contributed by atoms with Crippen molar-refractivity contribution < 1.29 is 8.42 Å². The Hall–Kier alpha value is -2.61. The Morgan fingerprint density at radius 3 is 2.77 bits per heavy atom. The maximum Gasteiger partial charge on any atom is 0.240 e. The van der Waals surface area contributed by atoms with Gasteiger partial charge in [-0.1, -0.05) is 31.2 Å². The number of rotatable bonds is 8. The number of nitrogens with zero attached hydrogens (tertiary/aromatic N) is 2. The molecule has 0 aliphatic carbocycles. The van der Waals surface area contributed by atoms with Crippen LogP contribution in [0.4, 0.5) is 0 Å². The van der Waals surface area contributed by atoms with E-state index in [0.717, 1.165) is 40.3 Å². The van der Waals surface area contributed by atoms with Gasteiger partial charge in [0.15, 0.2) is 0 Å². The molecule has 1 atom stereocenters. The van der Waals surface area contributed by atoms with Crippen molar-refractivity contribution >= 4 is 31.8 Å². The number of aromatic nitrogens is 2. The fourth-order valence-corrected chi connectivity index (χ4v) is 5.18. The van der Waals surface area contributed by atoms with Crippen molar-refractivity contribution in [3.63, 3.8) is 0 Å². The molecule has 0 spiro atoms. The van der Waals surface area contributed by atoms with E-state index in [4.69, 9.17) is 0 Å². The Balaban J connectivity index is 1.65. The SMILES string of the molecule is CCCN(C)C(CNS(=O)(=O)c1ccc2cc[nH]c2c1)c1cn(C)c2ccccc12. The van der Waals surface area contributed by atoms with Crippen LogP contribution in [0.3, 0.4) is 0 Å². The number of benzene rings is 2. The number of likely N-dealkylation sites (N-methyl/N-ethyl adjacent to an activating group) is 1. The van der Waals surface area contributed by atoms with E-state index < -0.39 is 10.0 Å². The lowest BCUT2D eigenvalue weighted by molar-refractivity contribution is 0.247. The first-order valence-electron chi connectivity index (χ1n) is 10.2. The van der Waals surface area contributed by atoms with E-state index in [0.29, 0.717) is 6.54 Å². The van der Waals surface area contributed by atoms with E-state index in [1.807, 2.05) is 37.5 Å². The van der Waals surface area contributed by atoms with Crippen molar-refractivity contribution in [2.45, 2.75) is 24.3 Å². The zero-order valence-electron chi connectivity index (χ0n) is 17.6. The Bertz CT molecular complexity index is 1270. The number of nitrogens with one attached hydrogen (secondary N) is 2. The monoisotopic (exact) mass is 424 g/mol. The maximum atomic E-state index is 13.0. The minimum absolute atomic E-state index is 0.0694. The summed E-state index contributed by atoms with van der Waals surface area (Å²) in [4.78, 5) is 5.57. The molecule has 0 amide bonds. The molecular formula is C23H28N4O2S. The zero-order chi connectivity index (χ0) is 21.3. The quantitative estimate of drug-likeness (QED) is 0.449. The lowest BCUT2D eigenvalue weighted by Crippen LogP contribution is -2.36. The fraction of sp³-hybridized carbons (Fsp3) is 0.304. The van der Waals surface area contributed by atoms with Gasteiger partial charge in [-0.05, 0) is 55.2 Å². The van der Waals surface area contributed by atoms with Crippen LogP contribution in [0.2, 0.25) is 0 Å². The second-order valence-corrected chi connectivity index (χ2v) is 9.55. The Labute approximate surface area is 177 Å². The first-order valence-corrected chi connectivity index (χ1v) is 11.7. The molecule has 0 aliphatic rings. The van der Waals surface area contributed by atoms with Crippen molar-refractivity contribution in [3.05, 3.63) is 66.5 Å². The molecule has 7 heteroatoms. The van der Waals surface area contributed by atoms with Crippen molar-refractivity contribution in [2.24, 2.45) is 7.05 Å². The zero-order valence-corrected chi connectivity index (χ0v) is 18.4. The number of para-hydroxylation sites is 1. The van der Waals surface area contributed by atoms with Gasteiger partial charge in [-0.3, -0.25) is 4.90 Å². The minimum Gasteiger partial charge on any atom is -0.361 e. The molecular weight excluding hydrogens is 396 g/mol. The number of aromatic amines is 1. The average Bonchev–Trinajstić information content (AvgIpc) is 3.33. The minimum atomic E-state index is -3.63. The summed E-state index contributed by atoms with van der Waals surface area (Å²) in [5, 5.41) is 2.14. The van der Waals surface area contributed by atoms with Gasteiger partial charge in [0.2, 0.25) is 10.0 Å². The van der Waals surface area contributed by atoms with Gasteiger partial charge in [0, 0.05) is 42.4 Å². The first-order chi connectivity index (χ1) is 14.4. The molecule has 0 radical (unpaired) electrons. The summed E-state index contributed by atoms with van der Waals surface area (Å²) in [6.07, 6.45) is 4.92. The summed E-state index contributed by atoms with van der Waals surface area (Å²) in [5.41, 5.74) is 3.08. The first kappa shape index (κ1) is 20.7. The van der Waals surface area contributed by atoms with Gasteiger partial charge in [0.25, 0.3) is 0 Å². The van der Waals surface area contributed by atoms with Crippen LogP contribution >= 0.6 is 0 Å². The largest absolute Gasteiger partial charge is 0.361 e. The number of fused-ring (bicyclic) bond motifs is 2. The van der Waals surface area contributed by atoms with Crippen LogP contribution in [0.15, 0.2) is 65.8 Å². The summed E-state index contributed by atoms with van der Waals surface area (Å²) >= 11 is 0. The van der Waals surface area contributed by atoms with Gasteiger partial charge >= 0.3 is 0 Å². The lowest BCUT2D eigenvalue weighted by atomic mass is 10.0. The predicted molar refractivity (Wildman–Crippen MR) is 122 cm³/mol. The summed E-state index contributed by atoms with van der Waals surface area (Å²) in [7, 11) is 0.446. The van der Waals surface area contributed by atoms with Crippen LogP contribution in [0.25, 0.3) is 21.8 Å². The van der Waals surface area contributed by atoms with Gasteiger partial charge in [-0.15, -0.1) is 0 Å². The van der Waals surface area contributed by atoms with Crippen LogP contribution in [0.1, 0.15) is 24.9 Å². The third-order valence-corrected chi connectivity index (χ3v) is 7.12. The van der Waals surface area contributed by atoms with Gasteiger partial charge in [-0.25, -0.2) is 13.1 Å². The summed E-state index contributed by atoms with van der Waals surface area (Å²) < 4.78 is 31.0. The highest BCUT2D eigenvalue weighted by molar-refractivity contribution is 7.89. The van der Waals surface area contributed by atoms with E-state index >= 15 is 0 Å². The average molecular weight is 425 g/mol. The second-order valence-electron chi connectivity index (χ2n) is 7.79. The molecule has 2 heterocycles. The van der Waals surface area contributed by atoms with Crippen LogP contribution < -0.4 is 4.72 Å². The van der Waals surface area contributed by atoms with E-state index in [-0.39, 0.29) is 10.9 Å². The number of hydrogen-bond donors (Lipinski definition) is 2. The molecule has 0 aliphatic heterocycles. The third kappa shape index (κ3) is 3.88. The maximum absolute atomic E-state index is 13.0. The fourth-order valence-electron chi connectivity index (χ4n) is 4.12. The van der Waals surface area contributed by atoms with Gasteiger partial charge in [0.1, 0.15) is 0 Å². The van der Waals surface area contributed by atoms with Crippen molar-refractivity contribution in [1.29, 1.82) is 0 Å². The molecule has 4 aromatic rings. The molecule has 0 fully saturated rings. The van der Waals surface area contributed by atoms with E-state index in [1.165, 1.54) is 0 Å². The van der Waals surface area contributed by atoms with Gasteiger partial charge in [-0.2, -0.15) is 0 Å². The summed E-state index contributed by atoms with van der Waals surface area (Å²) in [6, 6.07) is 15.3. The number of hydrogen-bond acceptors (Lipinski definition) is 3. The van der Waals surface area contributed by atoms with Crippen LogP contribution in [0.5, 0.6) is 0 Å². The standard InChI is InChI=1S/C23H28N4O2S/c1-4-13-26(2)23(20-16-27(3)22-8-6-5-7-19(20)22)15-25-30(28,29)18-10-9-17-11-12-24-21(17)14-18/h5-12,14,16,23-25H,4,13,15H2,1-3H3. The number of H-pyrrole nitrogens is 1. The highest BCUT2D eigenvalue weighted by Crippen LogP contribution is 2.29. The van der Waals surface area contributed by atoms with Crippen LogP contribution in [-0.2, 0) is 17.1 Å². The van der Waals surface area contributed by atoms with Gasteiger partial charge in [0.05, 0.1) is 10.9 Å². The molecule has 0 bridgehead atoms. The van der Waals surface area contributed by atoms with Crippen molar-refractivity contribution in [2.75, 3.05) is 20.1 Å². The normalized spacial score (nSPS) is 13.5. The number of sulfonamides is 1. The van der Waals surface area contributed by atoms with E-state index in [9.17, 15) is 8.42 Å². The van der Waals surface area contributed by atoms with Crippen LogP contribution in [-0.4, -0.2) is 43.0 Å². The topological polar surface area (TPSA) is 70.1 Å².